The van der Waals surface area contributed by atoms with Crippen LogP contribution in [0.25, 0.3) is 0 Å². The number of benzene rings is 1. The molecule has 1 aromatic heterocycles. The topological polar surface area (TPSA) is 67.0 Å². The lowest BCUT2D eigenvalue weighted by molar-refractivity contribution is -0.134. The average Bonchev–Trinajstić information content (AvgIpc) is 2.94. The van der Waals surface area contributed by atoms with Gasteiger partial charge in [-0.1, -0.05) is 0 Å². The summed E-state index contributed by atoms with van der Waals surface area (Å²) in [5.74, 6) is -0.124. The molecule has 112 valence electrons. The molecule has 0 saturated carbocycles. The van der Waals surface area contributed by atoms with E-state index in [1.54, 1.807) is 26.4 Å². The second kappa shape index (κ2) is 6.39. The van der Waals surface area contributed by atoms with Gasteiger partial charge in [0, 0.05) is 24.9 Å². The first-order chi connectivity index (χ1) is 9.97. The summed E-state index contributed by atoms with van der Waals surface area (Å²) >= 11 is 0. The smallest absolute Gasteiger partial charge is 0.263 e. The lowest BCUT2D eigenvalue weighted by atomic mass is 10.1. The van der Waals surface area contributed by atoms with Gasteiger partial charge in [-0.2, -0.15) is 0 Å². The van der Waals surface area contributed by atoms with Gasteiger partial charge >= 0.3 is 0 Å². The number of amides is 1. The molecule has 6 heteroatoms. The van der Waals surface area contributed by atoms with Gasteiger partial charge in [0.25, 0.3) is 5.91 Å². The van der Waals surface area contributed by atoms with E-state index in [-0.39, 0.29) is 11.7 Å². The van der Waals surface area contributed by atoms with Crippen LogP contribution in [-0.2, 0) is 11.2 Å². The van der Waals surface area contributed by atoms with Crippen LogP contribution in [0.4, 0.5) is 4.39 Å². The van der Waals surface area contributed by atoms with Gasteiger partial charge in [-0.3, -0.25) is 4.79 Å². The van der Waals surface area contributed by atoms with Crippen LogP contribution in [0.2, 0.25) is 0 Å². The quantitative estimate of drug-likeness (QED) is 0.856. The number of H-pyrrole nitrogens is 1. The number of hydrogen-bond donors (Lipinski definition) is 2. The molecule has 0 saturated heterocycles. The lowest BCUT2D eigenvalue weighted by Crippen LogP contribution is -2.47. The Balaban J connectivity index is 1.85. The molecule has 0 unspecified atom stereocenters. The van der Waals surface area contributed by atoms with Crippen LogP contribution < -0.4 is 10.1 Å². The summed E-state index contributed by atoms with van der Waals surface area (Å²) in [6.45, 7) is 3.82. The average molecular weight is 291 g/mol. The van der Waals surface area contributed by atoms with Gasteiger partial charge in [0.05, 0.1) is 6.33 Å². The molecule has 2 rings (SSSR count). The maximum absolute atomic E-state index is 12.8. The van der Waals surface area contributed by atoms with Crippen molar-refractivity contribution in [3.05, 3.63) is 48.3 Å². The molecule has 0 aliphatic rings. The first-order valence-electron chi connectivity index (χ1n) is 6.67. The minimum Gasteiger partial charge on any atom is -0.478 e. The van der Waals surface area contributed by atoms with E-state index < -0.39 is 5.60 Å². The van der Waals surface area contributed by atoms with E-state index in [1.807, 2.05) is 0 Å². The molecule has 0 fully saturated rings. The van der Waals surface area contributed by atoms with Gasteiger partial charge < -0.3 is 15.0 Å². The molecular formula is C15H18FN3O2. The largest absolute Gasteiger partial charge is 0.478 e. The number of halogens is 1. The van der Waals surface area contributed by atoms with Gasteiger partial charge in [-0.15, -0.1) is 0 Å². The Hall–Kier alpha value is -2.37. The highest BCUT2D eigenvalue weighted by atomic mass is 19.1. The minimum atomic E-state index is -1.04. The predicted octanol–water partition coefficient (Wildman–Crippen LogP) is 2.07. The molecule has 2 N–H and O–H groups in total. The van der Waals surface area contributed by atoms with Crippen LogP contribution in [0.5, 0.6) is 5.75 Å². The Morgan fingerprint density at radius 2 is 2.10 bits per heavy atom. The summed E-state index contributed by atoms with van der Waals surface area (Å²) in [6, 6.07) is 5.58. The molecule has 5 nitrogen and oxygen atoms in total. The zero-order valence-electron chi connectivity index (χ0n) is 12.0. The Morgan fingerprint density at radius 1 is 1.38 bits per heavy atom. The molecular weight excluding hydrogens is 273 g/mol. The number of aromatic nitrogens is 2. The van der Waals surface area contributed by atoms with E-state index >= 15 is 0 Å². The lowest BCUT2D eigenvalue weighted by Gasteiger charge is -2.25. The second-order valence-corrected chi connectivity index (χ2v) is 5.15. The van der Waals surface area contributed by atoms with Crippen molar-refractivity contribution in [2.75, 3.05) is 6.54 Å². The fraction of sp³-hybridized carbons (Fsp3) is 0.333. The normalized spacial score (nSPS) is 11.2. The summed E-state index contributed by atoms with van der Waals surface area (Å²) < 4.78 is 18.4. The van der Waals surface area contributed by atoms with Gasteiger partial charge in [0.2, 0.25) is 0 Å². The van der Waals surface area contributed by atoms with Crippen molar-refractivity contribution >= 4 is 5.91 Å². The van der Waals surface area contributed by atoms with Crippen molar-refractivity contribution in [2.24, 2.45) is 0 Å². The van der Waals surface area contributed by atoms with Gasteiger partial charge in [0.15, 0.2) is 5.60 Å². The van der Waals surface area contributed by atoms with Crippen LogP contribution in [0, 0.1) is 5.82 Å². The Bertz CT molecular complexity index is 579. The van der Waals surface area contributed by atoms with Crippen molar-refractivity contribution in [3.8, 4) is 5.75 Å². The first kappa shape index (κ1) is 15.0. The Labute approximate surface area is 122 Å². The maximum Gasteiger partial charge on any atom is 0.263 e. The third-order valence-electron chi connectivity index (χ3n) is 2.97. The molecule has 0 aliphatic heterocycles. The molecule has 0 radical (unpaired) electrons. The van der Waals surface area contributed by atoms with Crippen molar-refractivity contribution in [3.63, 3.8) is 0 Å². The molecule has 0 atom stereocenters. The summed E-state index contributed by atoms with van der Waals surface area (Å²) in [5, 5.41) is 2.81. The van der Waals surface area contributed by atoms with Crippen LogP contribution >= 0.6 is 0 Å². The number of carbonyl (C=O) groups is 1. The van der Waals surface area contributed by atoms with Crippen molar-refractivity contribution < 1.29 is 13.9 Å². The van der Waals surface area contributed by atoms with Crippen LogP contribution in [0.1, 0.15) is 19.5 Å². The van der Waals surface area contributed by atoms with Crippen LogP contribution in [0.15, 0.2) is 36.8 Å². The highest BCUT2D eigenvalue weighted by molar-refractivity contribution is 5.84. The first-order valence-corrected chi connectivity index (χ1v) is 6.67. The highest BCUT2D eigenvalue weighted by Gasteiger charge is 2.29. The number of aromatic amines is 1. The minimum absolute atomic E-state index is 0.230. The molecule has 2 aromatic rings. The van der Waals surface area contributed by atoms with E-state index in [1.165, 1.54) is 24.3 Å². The number of rotatable bonds is 6. The fourth-order valence-corrected chi connectivity index (χ4v) is 1.79. The van der Waals surface area contributed by atoms with Crippen molar-refractivity contribution in [1.82, 2.24) is 15.3 Å². The third kappa shape index (κ3) is 4.30. The summed E-state index contributed by atoms with van der Waals surface area (Å²) in [7, 11) is 0. The molecule has 0 aliphatic carbocycles. The second-order valence-electron chi connectivity index (χ2n) is 5.15. The van der Waals surface area contributed by atoms with E-state index in [9.17, 15) is 9.18 Å². The number of ether oxygens (including phenoxy) is 1. The number of nitrogens with one attached hydrogen (secondary N) is 2. The summed E-state index contributed by atoms with van der Waals surface area (Å²) in [4.78, 5) is 19.0. The van der Waals surface area contributed by atoms with Crippen molar-refractivity contribution in [1.29, 1.82) is 0 Å². The SMILES string of the molecule is CC(C)(Oc1ccc(F)cc1)C(=O)NCCc1cnc[nH]1. The molecule has 1 amide bonds. The van der Waals surface area contributed by atoms with Crippen molar-refractivity contribution in [2.45, 2.75) is 25.9 Å². The zero-order chi connectivity index (χ0) is 15.3. The standard InChI is InChI=1S/C15H18FN3O2/c1-15(2,21-13-5-3-11(16)4-6-13)14(20)18-8-7-12-9-17-10-19-12/h3-6,9-10H,7-8H2,1-2H3,(H,17,19)(H,18,20). The summed E-state index contributed by atoms with van der Waals surface area (Å²) in [6.07, 6.45) is 3.98. The monoisotopic (exact) mass is 291 g/mol. The number of carbonyl (C=O) groups excluding carboxylic acids is 1. The molecule has 1 heterocycles. The highest BCUT2D eigenvalue weighted by Crippen LogP contribution is 2.18. The zero-order valence-corrected chi connectivity index (χ0v) is 12.0. The third-order valence-corrected chi connectivity index (χ3v) is 2.97. The van der Waals surface area contributed by atoms with E-state index in [4.69, 9.17) is 4.74 Å². The predicted molar refractivity (Wildman–Crippen MR) is 76.4 cm³/mol. The van der Waals surface area contributed by atoms with Gasteiger partial charge in [-0.05, 0) is 38.1 Å². The van der Waals surface area contributed by atoms with E-state index in [0.29, 0.717) is 18.7 Å². The summed E-state index contributed by atoms with van der Waals surface area (Å²) in [5.41, 5.74) is -0.0845. The molecule has 0 spiro atoms. The Kier molecular flexibility index (Phi) is 4.57. The maximum atomic E-state index is 12.8. The van der Waals surface area contributed by atoms with E-state index in [0.717, 1.165) is 5.69 Å². The van der Waals surface area contributed by atoms with Crippen LogP contribution in [0.3, 0.4) is 0 Å². The number of hydrogen-bond acceptors (Lipinski definition) is 3. The molecule has 21 heavy (non-hydrogen) atoms. The Morgan fingerprint density at radius 3 is 2.71 bits per heavy atom. The van der Waals surface area contributed by atoms with Gasteiger partial charge in [-0.25, -0.2) is 9.37 Å². The fourth-order valence-electron chi connectivity index (χ4n) is 1.79. The van der Waals surface area contributed by atoms with Gasteiger partial charge in [0.1, 0.15) is 11.6 Å². The molecule has 0 bridgehead atoms. The molecule has 1 aromatic carbocycles. The van der Waals surface area contributed by atoms with Crippen LogP contribution in [-0.4, -0.2) is 28.0 Å². The number of nitrogens with zero attached hydrogens (tertiary/aromatic N) is 1. The van der Waals surface area contributed by atoms with E-state index in [2.05, 4.69) is 15.3 Å². The number of imidazole rings is 1.